The van der Waals surface area contributed by atoms with Crippen molar-refractivity contribution in [3.8, 4) is 0 Å². The summed E-state index contributed by atoms with van der Waals surface area (Å²) >= 11 is 0. The summed E-state index contributed by atoms with van der Waals surface area (Å²) in [5, 5.41) is 2.73. The maximum atomic E-state index is 12.5. The lowest BCUT2D eigenvalue weighted by atomic mass is 9.93. The highest BCUT2D eigenvalue weighted by atomic mass is 19.4. The molecule has 2 saturated heterocycles. The summed E-state index contributed by atoms with van der Waals surface area (Å²) < 4.78 is 42.7. The average molecular weight is 280 g/mol. The number of alkyl halides is 3. The van der Waals surface area contributed by atoms with Crippen LogP contribution in [-0.2, 0) is 9.53 Å². The molecule has 7 heteroatoms. The van der Waals surface area contributed by atoms with Crippen molar-refractivity contribution >= 4 is 5.91 Å². The quantitative estimate of drug-likeness (QED) is 0.825. The van der Waals surface area contributed by atoms with Crippen LogP contribution >= 0.6 is 0 Å². The second kappa shape index (κ2) is 5.66. The van der Waals surface area contributed by atoms with Crippen molar-refractivity contribution < 1.29 is 22.7 Å². The number of nitrogens with zero attached hydrogens (tertiary/aromatic N) is 1. The molecule has 0 aromatic rings. The van der Waals surface area contributed by atoms with Crippen molar-refractivity contribution in [1.82, 2.24) is 10.2 Å². The predicted octanol–water partition coefficient (Wildman–Crippen LogP) is 1.16. The van der Waals surface area contributed by atoms with Gasteiger partial charge in [0, 0.05) is 26.7 Å². The molecule has 0 radical (unpaired) electrons. The summed E-state index contributed by atoms with van der Waals surface area (Å²) in [4.78, 5) is 13.8. The molecule has 19 heavy (non-hydrogen) atoms. The summed E-state index contributed by atoms with van der Waals surface area (Å²) in [6, 6.07) is -0.478. The zero-order valence-corrected chi connectivity index (χ0v) is 10.9. The number of hydrogen-bond acceptors (Lipinski definition) is 3. The molecule has 0 aromatic carbocycles. The maximum Gasteiger partial charge on any atom is 0.393 e. The van der Waals surface area contributed by atoms with Gasteiger partial charge in [-0.2, -0.15) is 13.2 Å². The van der Waals surface area contributed by atoms with Crippen LogP contribution in [0.1, 0.15) is 19.3 Å². The molecule has 0 spiro atoms. The van der Waals surface area contributed by atoms with E-state index < -0.39 is 18.1 Å². The number of hydrogen-bond donors (Lipinski definition) is 1. The van der Waals surface area contributed by atoms with Crippen LogP contribution in [0, 0.1) is 5.92 Å². The molecule has 4 nitrogen and oxygen atoms in total. The van der Waals surface area contributed by atoms with Crippen molar-refractivity contribution in [1.29, 1.82) is 0 Å². The van der Waals surface area contributed by atoms with Gasteiger partial charge in [-0.25, -0.2) is 0 Å². The van der Waals surface area contributed by atoms with Crippen LogP contribution in [-0.4, -0.2) is 55.9 Å². The Balaban J connectivity index is 1.83. The Bertz CT molecular complexity index is 327. The molecule has 110 valence electrons. The minimum atomic E-state index is -4.17. The highest BCUT2D eigenvalue weighted by Gasteiger charge is 2.43. The molecule has 2 aliphatic rings. The van der Waals surface area contributed by atoms with E-state index >= 15 is 0 Å². The van der Waals surface area contributed by atoms with Crippen molar-refractivity contribution in [2.75, 3.05) is 26.7 Å². The van der Waals surface area contributed by atoms with Crippen LogP contribution < -0.4 is 5.32 Å². The van der Waals surface area contributed by atoms with Gasteiger partial charge in [0.2, 0.25) is 5.91 Å². The number of nitrogens with one attached hydrogen (secondary N) is 1. The fraction of sp³-hybridized carbons (Fsp3) is 0.917. The van der Waals surface area contributed by atoms with Crippen molar-refractivity contribution in [2.45, 2.75) is 37.6 Å². The third-order valence-corrected chi connectivity index (χ3v) is 3.97. The standard InChI is InChI=1S/C12H19F3N2O2/c1-19-9-4-5-17(7-9)11(18)10-3-2-8(6-16-10)12(13,14)15/h8-10,16H,2-7H2,1H3. The minimum Gasteiger partial charge on any atom is -0.380 e. The van der Waals surface area contributed by atoms with E-state index in [0.717, 1.165) is 6.42 Å². The Hall–Kier alpha value is -0.820. The van der Waals surface area contributed by atoms with Crippen LogP contribution in [0.5, 0.6) is 0 Å². The fourth-order valence-corrected chi connectivity index (χ4v) is 2.69. The zero-order valence-electron chi connectivity index (χ0n) is 10.9. The Morgan fingerprint density at radius 1 is 1.32 bits per heavy atom. The number of piperidine rings is 1. The van der Waals surface area contributed by atoms with Gasteiger partial charge in [0.25, 0.3) is 0 Å². The molecule has 2 fully saturated rings. The van der Waals surface area contributed by atoms with Gasteiger partial charge in [-0.1, -0.05) is 0 Å². The Kier molecular flexibility index (Phi) is 4.35. The molecule has 1 amide bonds. The molecule has 0 aliphatic carbocycles. The van der Waals surface area contributed by atoms with Gasteiger partial charge in [-0.3, -0.25) is 4.79 Å². The van der Waals surface area contributed by atoms with Crippen LogP contribution in [0.3, 0.4) is 0 Å². The molecule has 3 unspecified atom stereocenters. The first-order valence-corrected chi connectivity index (χ1v) is 6.53. The van der Waals surface area contributed by atoms with E-state index in [4.69, 9.17) is 4.74 Å². The van der Waals surface area contributed by atoms with Gasteiger partial charge in [0.05, 0.1) is 18.1 Å². The number of rotatable bonds is 2. The fourth-order valence-electron chi connectivity index (χ4n) is 2.69. The third-order valence-electron chi connectivity index (χ3n) is 3.97. The van der Waals surface area contributed by atoms with E-state index in [2.05, 4.69) is 5.32 Å². The lowest BCUT2D eigenvalue weighted by molar-refractivity contribution is -0.180. The SMILES string of the molecule is COC1CCN(C(=O)C2CCC(C(F)(F)F)CN2)C1. The summed E-state index contributed by atoms with van der Waals surface area (Å²) in [5.74, 6) is -1.43. The average Bonchev–Trinajstić information content (AvgIpc) is 2.86. The van der Waals surface area contributed by atoms with Crippen LogP contribution in [0.2, 0.25) is 0 Å². The molecule has 1 N–H and O–H groups in total. The number of halogens is 3. The smallest absolute Gasteiger partial charge is 0.380 e. The van der Waals surface area contributed by atoms with Gasteiger partial charge in [-0.05, 0) is 19.3 Å². The summed E-state index contributed by atoms with van der Waals surface area (Å²) in [7, 11) is 1.60. The summed E-state index contributed by atoms with van der Waals surface area (Å²) in [6.07, 6.45) is -3.06. The molecule has 0 aromatic heterocycles. The summed E-state index contributed by atoms with van der Waals surface area (Å²) in [6.45, 7) is 0.996. The monoisotopic (exact) mass is 280 g/mol. The highest BCUT2D eigenvalue weighted by Crippen LogP contribution is 2.32. The topological polar surface area (TPSA) is 41.6 Å². The van der Waals surface area contributed by atoms with E-state index in [9.17, 15) is 18.0 Å². The minimum absolute atomic E-state index is 0.0223. The molecule has 0 bridgehead atoms. The number of carbonyl (C=O) groups excluding carboxylic acids is 1. The first kappa shape index (κ1) is 14.6. The molecule has 3 atom stereocenters. The second-order valence-electron chi connectivity index (χ2n) is 5.21. The lowest BCUT2D eigenvalue weighted by Gasteiger charge is -2.32. The van der Waals surface area contributed by atoms with E-state index in [1.54, 1.807) is 12.0 Å². The predicted molar refractivity (Wildman–Crippen MR) is 62.6 cm³/mol. The van der Waals surface area contributed by atoms with E-state index in [1.807, 2.05) is 0 Å². The van der Waals surface area contributed by atoms with Crippen LogP contribution in [0.4, 0.5) is 13.2 Å². The Morgan fingerprint density at radius 3 is 2.53 bits per heavy atom. The van der Waals surface area contributed by atoms with Crippen molar-refractivity contribution in [2.24, 2.45) is 5.92 Å². The number of methoxy groups -OCH3 is 1. The molecule has 2 heterocycles. The van der Waals surface area contributed by atoms with Crippen LogP contribution in [0.25, 0.3) is 0 Å². The normalized spacial score (nSPS) is 32.6. The third kappa shape index (κ3) is 3.39. The maximum absolute atomic E-state index is 12.5. The second-order valence-corrected chi connectivity index (χ2v) is 5.21. The Labute approximate surface area is 110 Å². The van der Waals surface area contributed by atoms with E-state index in [-0.39, 0.29) is 31.4 Å². The number of carbonyl (C=O) groups is 1. The largest absolute Gasteiger partial charge is 0.393 e. The lowest BCUT2D eigenvalue weighted by Crippen LogP contribution is -2.52. The molecule has 2 rings (SSSR count). The first-order chi connectivity index (χ1) is 8.91. The molecular formula is C12H19F3N2O2. The molecule has 2 aliphatic heterocycles. The number of likely N-dealkylation sites (tertiary alicyclic amines) is 1. The first-order valence-electron chi connectivity index (χ1n) is 6.53. The number of amides is 1. The number of ether oxygens (including phenoxy) is 1. The van der Waals surface area contributed by atoms with E-state index in [0.29, 0.717) is 13.1 Å². The van der Waals surface area contributed by atoms with Crippen molar-refractivity contribution in [3.63, 3.8) is 0 Å². The van der Waals surface area contributed by atoms with Gasteiger partial charge < -0.3 is 15.0 Å². The molecule has 0 saturated carbocycles. The van der Waals surface area contributed by atoms with Gasteiger partial charge in [0.1, 0.15) is 0 Å². The highest BCUT2D eigenvalue weighted by molar-refractivity contribution is 5.82. The van der Waals surface area contributed by atoms with Gasteiger partial charge >= 0.3 is 6.18 Å². The molecular weight excluding hydrogens is 261 g/mol. The van der Waals surface area contributed by atoms with E-state index in [1.165, 1.54) is 0 Å². The van der Waals surface area contributed by atoms with Crippen molar-refractivity contribution in [3.05, 3.63) is 0 Å². The van der Waals surface area contributed by atoms with Gasteiger partial charge in [-0.15, -0.1) is 0 Å². The van der Waals surface area contributed by atoms with Crippen LogP contribution in [0.15, 0.2) is 0 Å². The zero-order chi connectivity index (χ0) is 14.0. The Morgan fingerprint density at radius 2 is 2.05 bits per heavy atom. The summed E-state index contributed by atoms with van der Waals surface area (Å²) in [5.41, 5.74) is 0. The van der Waals surface area contributed by atoms with Gasteiger partial charge in [0.15, 0.2) is 0 Å².